The highest BCUT2D eigenvalue weighted by molar-refractivity contribution is 4.88. The van der Waals surface area contributed by atoms with Crippen molar-refractivity contribution in [1.29, 1.82) is 0 Å². The molecule has 1 N–H and O–H groups in total. The largest absolute Gasteiger partial charge is 0.334 e. The van der Waals surface area contributed by atoms with Crippen LogP contribution in [0.15, 0.2) is 12.4 Å². The maximum Gasteiger partial charge on any atom is 0.105 e. The van der Waals surface area contributed by atoms with Gasteiger partial charge in [-0.15, -0.1) is 0 Å². The first kappa shape index (κ1) is 12.2. The Bertz CT molecular complexity index is 268. The van der Waals surface area contributed by atoms with E-state index in [1.54, 1.807) is 0 Å². The second kappa shape index (κ2) is 6.62. The van der Waals surface area contributed by atoms with Gasteiger partial charge in [-0.2, -0.15) is 0 Å². The normalized spacial score (nSPS) is 13.0. The van der Waals surface area contributed by atoms with Crippen molar-refractivity contribution in [3.8, 4) is 0 Å². The summed E-state index contributed by atoms with van der Waals surface area (Å²) in [7, 11) is 0. The monoisotopic (exact) mass is 209 g/mol. The molecule has 0 radical (unpaired) electrons. The minimum absolute atomic E-state index is 0.633. The Labute approximate surface area is 92.9 Å². The zero-order valence-electron chi connectivity index (χ0n) is 10.2. The summed E-state index contributed by atoms with van der Waals surface area (Å²) in [6.07, 6.45) is 7.77. The maximum absolute atomic E-state index is 4.20. The average molecular weight is 209 g/mol. The Morgan fingerprint density at radius 2 is 2.33 bits per heavy atom. The van der Waals surface area contributed by atoms with Crippen LogP contribution < -0.4 is 5.32 Å². The summed E-state index contributed by atoms with van der Waals surface area (Å²) >= 11 is 0. The molecule has 15 heavy (non-hydrogen) atoms. The molecule has 1 aromatic rings. The fourth-order valence-corrected chi connectivity index (χ4v) is 1.68. The number of unbranched alkanes of at least 4 members (excludes halogenated alkanes) is 1. The summed E-state index contributed by atoms with van der Waals surface area (Å²) < 4.78 is 2.18. The molecule has 0 aliphatic rings. The van der Waals surface area contributed by atoms with Crippen LogP contribution in [0.5, 0.6) is 0 Å². The van der Waals surface area contributed by atoms with Gasteiger partial charge in [0.2, 0.25) is 0 Å². The Balaban J connectivity index is 2.13. The molecule has 1 aromatic heterocycles. The van der Waals surface area contributed by atoms with Gasteiger partial charge >= 0.3 is 0 Å². The fourth-order valence-electron chi connectivity index (χ4n) is 1.68. The fraction of sp³-hybridized carbons (Fsp3) is 0.750. The van der Waals surface area contributed by atoms with Crippen molar-refractivity contribution < 1.29 is 0 Å². The number of nitrogens with zero attached hydrogens (tertiary/aromatic N) is 2. The molecule has 0 aliphatic heterocycles. The third-order valence-electron chi connectivity index (χ3n) is 2.76. The molecule has 1 rings (SSSR count). The molecule has 0 spiro atoms. The van der Waals surface area contributed by atoms with E-state index in [1.165, 1.54) is 19.3 Å². The van der Waals surface area contributed by atoms with Gasteiger partial charge in [0.25, 0.3) is 0 Å². The van der Waals surface area contributed by atoms with E-state index < -0.39 is 0 Å². The zero-order chi connectivity index (χ0) is 11.1. The molecule has 86 valence electrons. The van der Waals surface area contributed by atoms with Gasteiger partial charge in [-0.1, -0.05) is 19.8 Å². The molecule has 1 heterocycles. The second-order valence-electron chi connectivity index (χ2n) is 4.17. The Kier molecular flexibility index (Phi) is 5.40. The van der Waals surface area contributed by atoms with Crippen LogP contribution in [0.1, 0.15) is 38.9 Å². The van der Waals surface area contributed by atoms with Crippen LogP contribution in [-0.4, -0.2) is 22.1 Å². The topological polar surface area (TPSA) is 29.9 Å². The van der Waals surface area contributed by atoms with E-state index in [0.717, 1.165) is 18.9 Å². The molecule has 3 heteroatoms. The van der Waals surface area contributed by atoms with Gasteiger partial charge in [0.1, 0.15) is 5.82 Å². The predicted octanol–water partition coefficient (Wildman–Crippen LogP) is 2.36. The van der Waals surface area contributed by atoms with Crippen molar-refractivity contribution in [2.75, 3.05) is 6.54 Å². The van der Waals surface area contributed by atoms with E-state index in [0.29, 0.717) is 6.04 Å². The van der Waals surface area contributed by atoms with Crippen molar-refractivity contribution in [2.24, 2.45) is 0 Å². The molecule has 1 atom stereocenters. The molecule has 0 bridgehead atoms. The third-order valence-corrected chi connectivity index (χ3v) is 2.76. The van der Waals surface area contributed by atoms with Crippen molar-refractivity contribution in [1.82, 2.24) is 14.9 Å². The smallest absolute Gasteiger partial charge is 0.105 e. The van der Waals surface area contributed by atoms with Gasteiger partial charge in [0.15, 0.2) is 0 Å². The number of hydrogen-bond acceptors (Lipinski definition) is 2. The van der Waals surface area contributed by atoms with Crippen molar-refractivity contribution in [3.63, 3.8) is 0 Å². The quantitative estimate of drug-likeness (QED) is 0.747. The van der Waals surface area contributed by atoms with Crippen LogP contribution in [-0.2, 0) is 6.54 Å². The Morgan fingerprint density at radius 1 is 1.53 bits per heavy atom. The number of aromatic nitrogens is 2. The van der Waals surface area contributed by atoms with E-state index in [9.17, 15) is 0 Å². The third kappa shape index (κ3) is 4.47. The van der Waals surface area contributed by atoms with E-state index in [-0.39, 0.29) is 0 Å². The van der Waals surface area contributed by atoms with E-state index in [1.807, 2.05) is 19.3 Å². The van der Waals surface area contributed by atoms with Crippen LogP contribution in [0, 0.1) is 6.92 Å². The van der Waals surface area contributed by atoms with Gasteiger partial charge in [-0.25, -0.2) is 4.98 Å². The van der Waals surface area contributed by atoms with Gasteiger partial charge in [-0.05, 0) is 20.3 Å². The van der Waals surface area contributed by atoms with E-state index in [2.05, 4.69) is 28.7 Å². The number of imidazole rings is 1. The van der Waals surface area contributed by atoms with Crippen LogP contribution in [0.25, 0.3) is 0 Å². The highest BCUT2D eigenvalue weighted by Gasteiger charge is 2.00. The lowest BCUT2D eigenvalue weighted by Crippen LogP contribution is -2.29. The standard InChI is InChI=1S/C12H23N3/c1-4-5-6-11(2)13-7-9-15-10-8-14-12(15)3/h8,10-11,13H,4-7,9H2,1-3H3. The van der Waals surface area contributed by atoms with Gasteiger partial charge in [-0.3, -0.25) is 0 Å². The van der Waals surface area contributed by atoms with Gasteiger partial charge in [0, 0.05) is 31.5 Å². The summed E-state index contributed by atoms with van der Waals surface area (Å²) in [5.74, 6) is 1.10. The first-order chi connectivity index (χ1) is 7.24. The lowest BCUT2D eigenvalue weighted by Gasteiger charge is -2.13. The first-order valence-corrected chi connectivity index (χ1v) is 5.95. The highest BCUT2D eigenvalue weighted by Crippen LogP contribution is 1.99. The van der Waals surface area contributed by atoms with E-state index >= 15 is 0 Å². The van der Waals surface area contributed by atoms with Gasteiger partial charge < -0.3 is 9.88 Å². The molecule has 1 unspecified atom stereocenters. The molecular weight excluding hydrogens is 186 g/mol. The zero-order valence-corrected chi connectivity index (χ0v) is 10.2. The molecular formula is C12H23N3. The number of nitrogens with one attached hydrogen (secondary N) is 1. The van der Waals surface area contributed by atoms with Crippen molar-refractivity contribution >= 4 is 0 Å². The maximum atomic E-state index is 4.20. The van der Waals surface area contributed by atoms with Crippen LogP contribution in [0.4, 0.5) is 0 Å². The van der Waals surface area contributed by atoms with Gasteiger partial charge in [0.05, 0.1) is 0 Å². The predicted molar refractivity (Wildman–Crippen MR) is 64.0 cm³/mol. The summed E-state index contributed by atoms with van der Waals surface area (Å²) in [5.41, 5.74) is 0. The second-order valence-corrected chi connectivity index (χ2v) is 4.17. The molecule has 3 nitrogen and oxygen atoms in total. The summed E-state index contributed by atoms with van der Waals surface area (Å²) in [6, 6.07) is 0.633. The number of rotatable bonds is 7. The summed E-state index contributed by atoms with van der Waals surface area (Å²) in [4.78, 5) is 4.20. The average Bonchev–Trinajstić information content (AvgIpc) is 2.61. The van der Waals surface area contributed by atoms with E-state index in [4.69, 9.17) is 0 Å². The molecule has 0 saturated carbocycles. The minimum atomic E-state index is 0.633. The molecule has 0 aromatic carbocycles. The first-order valence-electron chi connectivity index (χ1n) is 5.95. The molecule has 0 aliphatic carbocycles. The minimum Gasteiger partial charge on any atom is -0.334 e. The summed E-state index contributed by atoms with van der Waals surface area (Å²) in [5, 5.41) is 3.53. The SMILES string of the molecule is CCCCC(C)NCCn1ccnc1C. The Morgan fingerprint density at radius 3 is 2.93 bits per heavy atom. The Hall–Kier alpha value is -0.830. The van der Waals surface area contributed by atoms with Crippen molar-refractivity contribution in [3.05, 3.63) is 18.2 Å². The summed E-state index contributed by atoms with van der Waals surface area (Å²) in [6.45, 7) is 8.59. The molecule has 0 fully saturated rings. The highest BCUT2D eigenvalue weighted by atomic mass is 15.1. The molecule has 0 amide bonds. The number of aryl methyl sites for hydroxylation is 1. The van der Waals surface area contributed by atoms with Crippen LogP contribution >= 0.6 is 0 Å². The molecule has 0 saturated heterocycles. The van der Waals surface area contributed by atoms with Crippen LogP contribution in [0.2, 0.25) is 0 Å². The van der Waals surface area contributed by atoms with Crippen LogP contribution in [0.3, 0.4) is 0 Å². The lowest BCUT2D eigenvalue weighted by molar-refractivity contribution is 0.474. The van der Waals surface area contributed by atoms with Crippen molar-refractivity contribution in [2.45, 2.75) is 52.6 Å². The lowest BCUT2D eigenvalue weighted by atomic mass is 10.1. The number of hydrogen-bond donors (Lipinski definition) is 1.